The van der Waals surface area contributed by atoms with E-state index in [2.05, 4.69) is 27.7 Å². The maximum Gasteiger partial charge on any atom is 0.163 e. The molecule has 0 aliphatic carbocycles. The molecule has 3 rings (SSSR count). The highest BCUT2D eigenvalue weighted by Crippen LogP contribution is 2.34. The average molecular weight is 409 g/mol. The standard InChI is InChI=1S/C22H25ClN6/c1-6-19(25)20(14(3)24)21(16-7-9-17(23)10-8-16)28(5)18-11-13(2)22-27-26-15(4)29(22)12-18/h6-12,21,24H,1,25H2,2-5H3/b20-19+,24-14?. The molecule has 0 radical (unpaired) electrons. The first-order chi connectivity index (χ1) is 13.7. The first kappa shape index (κ1) is 20.6. The van der Waals surface area contributed by atoms with Crippen LogP contribution < -0.4 is 10.6 Å². The van der Waals surface area contributed by atoms with Crippen LogP contribution >= 0.6 is 11.6 Å². The lowest BCUT2D eigenvalue weighted by molar-refractivity contribution is 0.776. The summed E-state index contributed by atoms with van der Waals surface area (Å²) in [7, 11) is 1.98. The van der Waals surface area contributed by atoms with Gasteiger partial charge in [-0.15, -0.1) is 10.2 Å². The van der Waals surface area contributed by atoms with E-state index in [1.54, 1.807) is 13.0 Å². The number of hydrogen-bond donors (Lipinski definition) is 2. The highest BCUT2D eigenvalue weighted by atomic mass is 35.5. The third-order valence-corrected chi connectivity index (χ3v) is 5.29. The van der Waals surface area contributed by atoms with Crippen LogP contribution in [-0.2, 0) is 0 Å². The molecule has 0 spiro atoms. The van der Waals surface area contributed by atoms with Gasteiger partial charge in [0.05, 0.1) is 11.7 Å². The van der Waals surface area contributed by atoms with Crippen LogP contribution in [0.1, 0.15) is 29.9 Å². The van der Waals surface area contributed by atoms with Crippen molar-refractivity contribution in [1.82, 2.24) is 14.6 Å². The second-order valence-corrected chi connectivity index (χ2v) is 7.52. The van der Waals surface area contributed by atoms with Crippen molar-refractivity contribution >= 4 is 28.6 Å². The Bertz CT molecular complexity index is 1110. The van der Waals surface area contributed by atoms with Crippen LogP contribution in [0, 0.1) is 19.3 Å². The quantitative estimate of drug-likeness (QED) is 0.460. The van der Waals surface area contributed by atoms with E-state index < -0.39 is 0 Å². The Kier molecular flexibility index (Phi) is 5.75. The van der Waals surface area contributed by atoms with E-state index in [9.17, 15) is 0 Å². The number of rotatable bonds is 6. The number of aromatic nitrogens is 3. The van der Waals surface area contributed by atoms with Crippen LogP contribution in [0.2, 0.25) is 5.02 Å². The number of halogens is 1. The molecule has 3 aromatic rings. The minimum Gasteiger partial charge on any atom is -0.398 e. The number of anilines is 1. The van der Waals surface area contributed by atoms with Crippen molar-refractivity contribution in [2.75, 3.05) is 11.9 Å². The van der Waals surface area contributed by atoms with Crippen molar-refractivity contribution in [3.05, 3.63) is 82.4 Å². The lowest BCUT2D eigenvalue weighted by Crippen LogP contribution is -2.30. The smallest absolute Gasteiger partial charge is 0.163 e. The fourth-order valence-corrected chi connectivity index (χ4v) is 3.64. The summed E-state index contributed by atoms with van der Waals surface area (Å²) in [5.74, 6) is 0.811. The van der Waals surface area contributed by atoms with Crippen molar-refractivity contribution in [2.45, 2.75) is 26.8 Å². The number of nitrogens with two attached hydrogens (primary N) is 1. The molecule has 0 saturated carbocycles. The second-order valence-electron chi connectivity index (χ2n) is 7.09. The molecule has 6 nitrogen and oxygen atoms in total. The number of nitrogens with one attached hydrogen (secondary N) is 1. The number of allylic oxidation sites excluding steroid dienone is 1. The van der Waals surface area contributed by atoms with Gasteiger partial charge in [-0.2, -0.15) is 0 Å². The van der Waals surface area contributed by atoms with E-state index in [-0.39, 0.29) is 6.04 Å². The number of fused-ring (bicyclic) bond motifs is 1. The van der Waals surface area contributed by atoms with E-state index >= 15 is 0 Å². The highest BCUT2D eigenvalue weighted by molar-refractivity contribution is 6.30. The minimum absolute atomic E-state index is 0.295. The number of aryl methyl sites for hydroxylation is 2. The Morgan fingerprint density at radius 2 is 1.93 bits per heavy atom. The molecular weight excluding hydrogens is 384 g/mol. The first-order valence-corrected chi connectivity index (χ1v) is 9.60. The van der Waals surface area contributed by atoms with E-state index in [4.69, 9.17) is 22.7 Å². The molecule has 0 bridgehead atoms. The molecule has 3 N–H and O–H groups in total. The molecular formula is C22H25ClN6. The number of pyridine rings is 1. The van der Waals surface area contributed by atoms with Gasteiger partial charge in [-0.05, 0) is 56.2 Å². The Hall–Kier alpha value is -3.12. The molecule has 0 aliphatic heterocycles. The van der Waals surface area contributed by atoms with Crippen LogP contribution in [-0.4, -0.2) is 27.4 Å². The Labute approximate surface area is 175 Å². The van der Waals surface area contributed by atoms with Crippen LogP contribution in [0.3, 0.4) is 0 Å². The third kappa shape index (κ3) is 3.89. The molecule has 0 aliphatic rings. The first-order valence-electron chi connectivity index (χ1n) is 9.22. The maximum absolute atomic E-state index is 8.38. The zero-order valence-electron chi connectivity index (χ0n) is 17.1. The summed E-state index contributed by atoms with van der Waals surface area (Å²) in [4.78, 5) is 2.10. The molecule has 1 unspecified atom stereocenters. The van der Waals surface area contributed by atoms with Crippen molar-refractivity contribution in [2.24, 2.45) is 5.73 Å². The van der Waals surface area contributed by atoms with Gasteiger partial charge in [0, 0.05) is 35.2 Å². The van der Waals surface area contributed by atoms with Crippen LogP contribution in [0.25, 0.3) is 5.65 Å². The molecule has 2 heterocycles. The molecule has 2 aromatic heterocycles. The van der Waals surface area contributed by atoms with Crippen molar-refractivity contribution < 1.29 is 0 Å². The highest BCUT2D eigenvalue weighted by Gasteiger charge is 2.26. The van der Waals surface area contributed by atoms with Gasteiger partial charge in [0.2, 0.25) is 0 Å². The van der Waals surface area contributed by atoms with Crippen LogP contribution in [0.15, 0.2) is 60.5 Å². The minimum atomic E-state index is -0.295. The Balaban J connectivity index is 2.23. The van der Waals surface area contributed by atoms with Crippen LogP contribution in [0.5, 0.6) is 0 Å². The summed E-state index contributed by atoms with van der Waals surface area (Å²) in [6, 6.07) is 9.37. The summed E-state index contributed by atoms with van der Waals surface area (Å²) in [6.45, 7) is 9.47. The SMILES string of the molecule is C=C/C(N)=C(/C(C)=N)C(c1ccc(Cl)cc1)N(C)c1cc(C)c2nnc(C)n2c1. The normalized spacial score (nSPS) is 13.1. The lowest BCUT2D eigenvalue weighted by atomic mass is 9.92. The van der Waals surface area contributed by atoms with E-state index in [0.717, 1.165) is 28.3 Å². The summed E-state index contributed by atoms with van der Waals surface area (Å²) in [6.07, 6.45) is 3.59. The number of benzene rings is 1. The summed E-state index contributed by atoms with van der Waals surface area (Å²) in [5, 5.41) is 17.5. The van der Waals surface area contributed by atoms with Gasteiger partial charge in [-0.1, -0.05) is 30.3 Å². The number of hydrogen-bond acceptors (Lipinski definition) is 5. The topological polar surface area (TPSA) is 83.3 Å². The Morgan fingerprint density at radius 3 is 2.52 bits per heavy atom. The molecule has 7 heteroatoms. The largest absolute Gasteiger partial charge is 0.398 e. The third-order valence-electron chi connectivity index (χ3n) is 5.03. The van der Waals surface area contributed by atoms with Gasteiger partial charge in [-0.3, -0.25) is 4.40 Å². The maximum atomic E-state index is 8.38. The van der Waals surface area contributed by atoms with Gasteiger partial charge < -0.3 is 16.0 Å². The second kappa shape index (κ2) is 8.09. The fourth-order valence-electron chi connectivity index (χ4n) is 3.51. The molecule has 29 heavy (non-hydrogen) atoms. The fraction of sp³-hybridized carbons (Fsp3) is 0.227. The van der Waals surface area contributed by atoms with Gasteiger partial charge in [-0.25, -0.2) is 0 Å². The molecule has 0 fully saturated rings. The van der Waals surface area contributed by atoms with Crippen molar-refractivity contribution in [3.63, 3.8) is 0 Å². The lowest BCUT2D eigenvalue weighted by Gasteiger charge is -2.33. The number of nitrogens with zero attached hydrogens (tertiary/aromatic N) is 4. The van der Waals surface area contributed by atoms with E-state index in [1.165, 1.54) is 0 Å². The van der Waals surface area contributed by atoms with Gasteiger partial charge in [0.25, 0.3) is 0 Å². The summed E-state index contributed by atoms with van der Waals surface area (Å²) < 4.78 is 1.97. The van der Waals surface area contributed by atoms with E-state index in [1.807, 2.05) is 55.8 Å². The van der Waals surface area contributed by atoms with Gasteiger partial charge >= 0.3 is 0 Å². The van der Waals surface area contributed by atoms with Gasteiger partial charge in [0.1, 0.15) is 5.82 Å². The molecule has 150 valence electrons. The van der Waals surface area contributed by atoms with Gasteiger partial charge in [0.15, 0.2) is 5.65 Å². The monoisotopic (exact) mass is 408 g/mol. The average Bonchev–Trinajstić information content (AvgIpc) is 3.07. The zero-order valence-corrected chi connectivity index (χ0v) is 17.8. The van der Waals surface area contributed by atoms with Crippen molar-refractivity contribution in [1.29, 1.82) is 5.41 Å². The molecule has 0 saturated heterocycles. The molecule has 1 atom stereocenters. The van der Waals surface area contributed by atoms with E-state index in [0.29, 0.717) is 22.0 Å². The predicted molar refractivity (Wildman–Crippen MR) is 120 cm³/mol. The zero-order chi connectivity index (χ0) is 21.3. The number of likely N-dealkylation sites (N-methyl/N-ethyl adjacent to an activating group) is 1. The molecule has 0 amide bonds. The Morgan fingerprint density at radius 1 is 1.28 bits per heavy atom. The van der Waals surface area contributed by atoms with Crippen molar-refractivity contribution in [3.8, 4) is 0 Å². The summed E-state index contributed by atoms with van der Waals surface area (Å²) >= 11 is 6.11. The predicted octanol–water partition coefficient (Wildman–Crippen LogP) is 4.62. The summed E-state index contributed by atoms with van der Waals surface area (Å²) in [5.41, 5.74) is 11.6. The molecule has 1 aromatic carbocycles. The van der Waals surface area contributed by atoms with Crippen LogP contribution in [0.4, 0.5) is 5.69 Å².